The molecule has 0 saturated heterocycles. The number of rotatable bonds is 3. The lowest BCUT2D eigenvalue weighted by Gasteiger charge is -2.08. The molecule has 2 atom stereocenters. The van der Waals surface area contributed by atoms with Crippen LogP contribution in [0.5, 0.6) is 0 Å². The predicted octanol–water partition coefficient (Wildman–Crippen LogP) is 3.79. The molecule has 0 radical (unpaired) electrons. The van der Waals surface area contributed by atoms with E-state index in [-0.39, 0.29) is 0 Å². The summed E-state index contributed by atoms with van der Waals surface area (Å²) in [5.41, 5.74) is 2.05. The molecule has 0 spiro atoms. The Morgan fingerprint density at radius 1 is 1.38 bits per heavy atom. The van der Waals surface area contributed by atoms with Crippen molar-refractivity contribution in [2.45, 2.75) is 31.0 Å². The Morgan fingerprint density at radius 2 is 2.00 bits per heavy atom. The van der Waals surface area contributed by atoms with Gasteiger partial charge in [0.15, 0.2) is 0 Å². The molecule has 1 aromatic rings. The summed E-state index contributed by atoms with van der Waals surface area (Å²) in [4.78, 5) is 0.767. The highest BCUT2D eigenvalue weighted by Gasteiger charge is 2.47. The summed E-state index contributed by atoms with van der Waals surface area (Å²) >= 11 is 3.68. The SMILES string of the molecule is C[C@@]1(CCc2ccccc2)C[C@H]1Br. The van der Waals surface area contributed by atoms with Crippen molar-refractivity contribution in [3.63, 3.8) is 0 Å². The maximum atomic E-state index is 3.68. The molecule has 1 fully saturated rings. The van der Waals surface area contributed by atoms with Gasteiger partial charge in [-0.1, -0.05) is 53.2 Å². The molecule has 1 aliphatic carbocycles. The van der Waals surface area contributed by atoms with E-state index in [1.54, 1.807) is 0 Å². The van der Waals surface area contributed by atoms with Gasteiger partial charge in [0, 0.05) is 4.83 Å². The van der Waals surface area contributed by atoms with Crippen molar-refractivity contribution in [3.05, 3.63) is 35.9 Å². The van der Waals surface area contributed by atoms with Gasteiger partial charge in [0.1, 0.15) is 0 Å². The van der Waals surface area contributed by atoms with Gasteiger partial charge >= 0.3 is 0 Å². The van der Waals surface area contributed by atoms with Crippen LogP contribution in [0.25, 0.3) is 0 Å². The third-order valence-corrected chi connectivity index (χ3v) is 4.50. The van der Waals surface area contributed by atoms with Crippen molar-refractivity contribution in [1.82, 2.24) is 0 Å². The van der Waals surface area contributed by atoms with Gasteiger partial charge < -0.3 is 0 Å². The van der Waals surface area contributed by atoms with Gasteiger partial charge in [-0.15, -0.1) is 0 Å². The Labute approximate surface area is 88.5 Å². The van der Waals surface area contributed by atoms with Crippen LogP contribution in [0.1, 0.15) is 25.3 Å². The number of benzene rings is 1. The van der Waals surface area contributed by atoms with E-state index in [1.807, 2.05) is 0 Å². The molecule has 1 heteroatoms. The average Bonchev–Trinajstić information content (AvgIpc) is 2.74. The predicted molar refractivity (Wildman–Crippen MR) is 60.2 cm³/mol. The molecule has 13 heavy (non-hydrogen) atoms. The lowest BCUT2D eigenvalue weighted by molar-refractivity contribution is 0.523. The Balaban J connectivity index is 1.87. The quantitative estimate of drug-likeness (QED) is 0.704. The number of halogens is 1. The molecule has 0 unspecified atom stereocenters. The van der Waals surface area contributed by atoms with Gasteiger partial charge in [-0.05, 0) is 30.2 Å². The second-order valence-electron chi connectivity index (χ2n) is 4.31. The number of hydrogen-bond donors (Lipinski definition) is 0. The summed E-state index contributed by atoms with van der Waals surface area (Å²) in [6.45, 7) is 2.37. The molecule has 2 rings (SSSR count). The minimum absolute atomic E-state index is 0.579. The minimum Gasteiger partial charge on any atom is -0.0885 e. The van der Waals surface area contributed by atoms with Crippen LogP contribution in [0, 0.1) is 5.41 Å². The minimum atomic E-state index is 0.579. The molecule has 0 heterocycles. The van der Waals surface area contributed by atoms with Gasteiger partial charge in [0.05, 0.1) is 0 Å². The fourth-order valence-electron chi connectivity index (χ4n) is 1.68. The van der Waals surface area contributed by atoms with Crippen LogP contribution in [-0.4, -0.2) is 4.83 Å². The van der Waals surface area contributed by atoms with E-state index in [0.717, 1.165) is 4.83 Å². The van der Waals surface area contributed by atoms with Crippen molar-refractivity contribution in [2.24, 2.45) is 5.41 Å². The summed E-state index contributed by atoms with van der Waals surface area (Å²) in [6, 6.07) is 10.8. The number of hydrogen-bond acceptors (Lipinski definition) is 0. The van der Waals surface area contributed by atoms with Gasteiger partial charge in [-0.25, -0.2) is 0 Å². The molecule has 0 aromatic heterocycles. The van der Waals surface area contributed by atoms with Gasteiger partial charge in [-0.2, -0.15) is 0 Å². The number of aryl methyl sites for hydroxylation is 1. The monoisotopic (exact) mass is 238 g/mol. The van der Waals surface area contributed by atoms with E-state index in [2.05, 4.69) is 53.2 Å². The van der Waals surface area contributed by atoms with Crippen molar-refractivity contribution in [1.29, 1.82) is 0 Å². The molecule has 0 N–H and O–H groups in total. The van der Waals surface area contributed by atoms with E-state index in [4.69, 9.17) is 0 Å². The molecule has 1 saturated carbocycles. The van der Waals surface area contributed by atoms with Crippen LogP contribution in [0.15, 0.2) is 30.3 Å². The maximum absolute atomic E-state index is 3.68. The third-order valence-electron chi connectivity index (χ3n) is 3.07. The van der Waals surface area contributed by atoms with Crippen molar-refractivity contribution >= 4 is 15.9 Å². The third kappa shape index (κ3) is 2.14. The highest BCUT2D eigenvalue weighted by atomic mass is 79.9. The molecule has 1 aliphatic rings. The molecule has 1 aromatic carbocycles. The van der Waals surface area contributed by atoms with Crippen molar-refractivity contribution in [3.8, 4) is 0 Å². The first-order valence-electron chi connectivity index (χ1n) is 4.89. The van der Waals surface area contributed by atoms with Gasteiger partial charge in [0.2, 0.25) is 0 Å². The van der Waals surface area contributed by atoms with E-state index >= 15 is 0 Å². The fourth-order valence-corrected chi connectivity index (χ4v) is 2.65. The smallest absolute Gasteiger partial charge is 0.0205 e. The highest BCUT2D eigenvalue weighted by Crippen LogP contribution is 2.54. The normalized spacial score (nSPS) is 31.7. The zero-order chi connectivity index (χ0) is 9.31. The van der Waals surface area contributed by atoms with Crippen LogP contribution < -0.4 is 0 Å². The lowest BCUT2D eigenvalue weighted by Crippen LogP contribution is -1.99. The van der Waals surface area contributed by atoms with E-state index in [1.165, 1.54) is 24.8 Å². The number of alkyl halides is 1. The van der Waals surface area contributed by atoms with Crippen LogP contribution in [0.2, 0.25) is 0 Å². The maximum Gasteiger partial charge on any atom is 0.0205 e. The molecule has 70 valence electrons. The van der Waals surface area contributed by atoms with Crippen LogP contribution >= 0.6 is 15.9 Å². The first-order valence-corrected chi connectivity index (χ1v) is 5.80. The highest BCUT2D eigenvalue weighted by molar-refractivity contribution is 9.09. The van der Waals surface area contributed by atoms with Crippen LogP contribution in [0.4, 0.5) is 0 Å². The molecule has 0 nitrogen and oxygen atoms in total. The Hall–Kier alpha value is -0.300. The molecular weight excluding hydrogens is 224 g/mol. The van der Waals surface area contributed by atoms with Gasteiger partial charge in [-0.3, -0.25) is 0 Å². The summed E-state index contributed by atoms with van der Waals surface area (Å²) in [5.74, 6) is 0. The second-order valence-corrected chi connectivity index (χ2v) is 5.42. The molecule has 0 aliphatic heterocycles. The van der Waals surface area contributed by atoms with Gasteiger partial charge in [0.25, 0.3) is 0 Å². The molecular formula is C12H15Br. The summed E-state index contributed by atoms with van der Waals surface area (Å²) in [7, 11) is 0. The first kappa shape index (κ1) is 9.26. The Bertz CT molecular complexity index is 280. The zero-order valence-electron chi connectivity index (χ0n) is 7.96. The summed E-state index contributed by atoms with van der Waals surface area (Å²) in [6.07, 6.45) is 3.88. The van der Waals surface area contributed by atoms with E-state index < -0.39 is 0 Å². The summed E-state index contributed by atoms with van der Waals surface area (Å²) in [5, 5.41) is 0. The van der Waals surface area contributed by atoms with Crippen molar-refractivity contribution < 1.29 is 0 Å². The lowest BCUT2D eigenvalue weighted by atomic mass is 9.99. The summed E-state index contributed by atoms with van der Waals surface area (Å²) < 4.78 is 0. The standard InChI is InChI=1S/C12H15Br/c1-12(9-11(12)13)8-7-10-5-3-2-4-6-10/h2-6,11H,7-9H2,1H3/t11-,12-/m1/s1. The first-order chi connectivity index (χ1) is 6.21. The van der Waals surface area contributed by atoms with E-state index in [9.17, 15) is 0 Å². The second kappa shape index (κ2) is 3.45. The average molecular weight is 239 g/mol. The topological polar surface area (TPSA) is 0 Å². The molecule has 0 bridgehead atoms. The fraction of sp³-hybridized carbons (Fsp3) is 0.500. The van der Waals surface area contributed by atoms with E-state index in [0.29, 0.717) is 5.41 Å². The Morgan fingerprint density at radius 3 is 2.54 bits per heavy atom. The Kier molecular flexibility index (Phi) is 2.46. The largest absolute Gasteiger partial charge is 0.0885 e. The molecule has 0 amide bonds. The van der Waals surface area contributed by atoms with Crippen molar-refractivity contribution in [2.75, 3.05) is 0 Å². The van der Waals surface area contributed by atoms with Crippen LogP contribution in [0.3, 0.4) is 0 Å². The van der Waals surface area contributed by atoms with Crippen LogP contribution in [-0.2, 0) is 6.42 Å². The zero-order valence-corrected chi connectivity index (χ0v) is 9.55.